The minimum absolute atomic E-state index is 0.202. The van der Waals surface area contributed by atoms with Gasteiger partial charge in [-0.25, -0.2) is 0 Å². The maximum absolute atomic E-state index is 13.1. The molecule has 1 unspecified atom stereocenters. The van der Waals surface area contributed by atoms with Crippen molar-refractivity contribution in [3.8, 4) is 0 Å². The molecule has 28 heavy (non-hydrogen) atoms. The number of nitrogens with zero attached hydrogens (tertiary/aromatic N) is 6. The second-order valence-corrected chi connectivity index (χ2v) is 9.12. The van der Waals surface area contributed by atoms with Gasteiger partial charge in [-0.3, -0.25) is 9.48 Å². The summed E-state index contributed by atoms with van der Waals surface area (Å²) in [7, 11) is 0. The van der Waals surface area contributed by atoms with Gasteiger partial charge in [0.05, 0.1) is 5.69 Å². The molecule has 3 aliphatic rings. The van der Waals surface area contributed by atoms with Crippen molar-refractivity contribution in [3.63, 3.8) is 0 Å². The Kier molecular flexibility index (Phi) is 4.29. The van der Waals surface area contributed by atoms with Crippen LogP contribution in [0.3, 0.4) is 0 Å². The summed E-state index contributed by atoms with van der Waals surface area (Å²) in [5.74, 6) is 1.70. The standard InChI is InChI=1S/C21H30N6O/c1-15-11-16(2)27(24-15)10-7-19(28)25-12-18(21(13-25)8-3-4-9-21)20-23-22-14-26(20)17-5-6-17/h11,14,17-18H,3-10,12-13H2,1-2H3. The maximum atomic E-state index is 13.1. The Hall–Kier alpha value is -2.18. The van der Waals surface area contributed by atoms with Gasteiger partial charge in [0.2, 0.25) is 5.91 Å². The summed E-state index contributed by atoms with van der Waals surface area (Å²) < 4.78 is 4.25. The van der Waals surface area contributed by atoms with Crippen molar-refractivity contribution in [3.05, 3.63) is 29.6 Å². The van der Waals surface area contributed by atoms with E-state index in [4.69, 9.17) is 0 Å². The fourth-order valence-electron chi connectivity index (χ4n) is 5.50. The molecule has 0 bridgehead atoms. The Balaban J connectivity index is 1.33. The molecule has 0 aromatic carbocycles. The van der Waals surface area contributed by atoms with Crippen LogP contribution in [0.15, 0.2) is 12.4 Å². The first-order valence-corrected chi connectivity index (χ1v) is 10.7. The molecule has 5 rings (SSSR count). The lowest BCUT2D eigenvalue weighted by atomic mass is 9.76. The highest BCUT2D eigenvalue weighted by atomic mass is 16.2. The van der Waals surface area contributed by atoms with Crippen LogP contribution in [0.25, 0.3) is 0 Å². The molecular weight excluding hydrogens is 352 g/mol. The van der Waals surface area contributed by atoms with E-state index in [9.17, 15) is 4.79 Å². The molecule has 0 N–H and O–H groups in total. The van der Waals surface area contributed by atoms with Crippen LogP contribution in [0.5, 0.6) is 0 Å². The van der Waals surface area contributed by atoms with Crippen LogP contribution in [0.2, 0.25) is 0 Å². The van der Waals surface area contributed by atoms with Gasteiger partial charge in [0.1, 0.15) is 12.2 Å². The number of aryl methyl sites for hydroxylation is 3. The first kappa shape index (κ1) is 17.9. The summed E-state index contributed by atoms with van der Waals surface area (Å²) in [6.45, 7) is 6.38. The fraction of sp³-hybridized carbons (Fsp3) is 0.714. The van der Waals surface area contributed by atoms with E-state index in [2.05, 4.69) is 37.8 Å². The Labute approximate surface area is 166 Å². The highest BCUT2D eigenvalue weighted by Gasteiger charge is 2.52. The molecular formula is C21H30N6O. The first-order chi connectivity index (χ1) is 13.6. The highest BCUT2D eigenvalue weighted by Crippen LogP contribution is 2.54. The molecule has 3 heterocycles. The summed E-state index contributed by atoms with van der Waals surface area (Å²) in [6.07, 6.45) is 9.83. The molecule has 1 saturated heterocycles. The number of aromatic nitrogens is 5. The summed E-state index contributed by atoms with van der Waals surface area (Å²) in [6, 6.07) is 2.65. The highest BCUT2D eigenvalue weighted by molar-refractivity contribution is 5.76. The molecule has 3 fully saturated rings. The summed E-state index contributed by atoms with van der Waals surface area (Å²) in [5, 5.41) is 13.3. The normalized spacial score (nSPS) is 23.8. The number of hydrogen-bond acceptors (Lipinski definition) is 4. The van der Waals surface area contributed by atoms with Gasteiger partial charge in [-0.15, -0.1) is 10.2 Å². The maximum Gasteiger partial charge on any atom is 0.224 e. The van der Waals surface area contributed by atoms with Crippen LogP contribution in [0.1, 0.15) is 74.1 Å². The molecule has 1 spiro atoms. The fourth-order valence-corrected chi connectivity index (χ4v) is 5.50. The number of hydrogen-bond donors (Lipinski definition) is 0. The number of amides is 1. The average Bonchev–Trinajstić information content (AvgIpc) is 3.05. The van der Waals surface area contributed by atoms with Gasteiger partial charge in [0.25, 0.3) is 0 Å². The molecule has 2 saturated carbocycles. The monoisotopic (exact) mass is 382 g/mol. The summed E-state index contributed by atoms with van der Waals surface area (Å²) in [5.41, 5.74) is 2.33. The zero-order chi connectivity index (χ0) is 19.3. The van der Waals surface area contributed by atoms with Crippen LogP contribution in [-0.2, 0) is 11.3 Å². The Morgan fingerprint density at radius 3 is 2.71 bits per heavy atom. The Morgan fingerprint density at radius 1 is 1.25 bits per heavy atom. The number of rotatable bonds is 5. The van der Waals surface area contributed by atoms with Crippen molar-refractivity contribution >= 4 is 5.91 Å². The van der Waals surface area contributed by atoms with E-state index >= 15 is 0 Å². The summed E-state index contributed by atoms with van der Waals surface area (Å²) >= 11 is 0. The second kappa shape index (κ2) is 6.71. The van der Waals surface area contributed by atoms with Crippen LogP contribution >= 0.6 is 0 Å². The average molecular weight is 383 g/mol. The van der Waals surface area contributed by atoms with E-state index in [1.165, 1.54) is 38.5 Å². The largest absolute Gasteiger partial charge is 0.341 e. The van der Waals surface area contributed by atoms with Gasteiger partial charge in [-0.1, -0.05) is 12.8 Å². The van der Waals surface area contributed by atoms with Crippen molar-refractivity contribution in [1.29, 1.82) is 0 Å². The second-order valence-electron chi connectivity index (χ2n) is 9.12. The minimum Gasteiger partial charge on any atom is -0.341 e. The smallest absolute Gasteiger partial charge is 0.224 e. The van der Waals surface area contributed by atoms with E-state index in [-0.39, 0.29) is 11.3 Å². The van der Waals surface area contributed by atoms with Gasteiger partial charge >= 0.3 is 0 Å². The lowest BCUT2D eigenvalue weighted by molar-refractivity contribution is -0.130. The van der Waals surface area contributed by atoms with Gasteiger partial charge in [0, 0.05) is 43.7 Å². The molecule has 7 heteroatoms. The molecule has 1 amide bonds. The SMILES string of the molecule is Cc1cc(C)n(CCC(=O)N2CC(c3nncn3C3CC3)C3(CCCC3)C2)n1. The van der Waals surface area contributed by atoms with Gasteiger partial charge in [-0.05, 0) is 51.0 Å². The van der Waals surface area contributed by atoms with E-state index in [1.54, 1.807) is 0 Å². The van der Waals surface area contributed by atoms with Crippen molar-refractivity contribution in [2.75, 3.05) is 13.1 Å². The number of likely N-dealkylation sites (tertiary alicyclic amines) is 1. The van der Waals surface area contributed by atoms with Gasteiger partial charge in [0.15, 0.2) is 0 Å². The van der Waals surface area contributed by atoms with E-state index in [0.29, 0.717) is 24.9 Å². The molecule has 7 nitrogen and oxygen atoms in total. The van der Waals surface area contributed by atoms with Crippen LogP contribution in [-0.4, -0.2) is 48.4 Å². The van der Waals surface area contributed by atoms with Crippen molar-refractivity contribution < 1.29 is 4.79 Å². The van der Waals surface area contributed by atoms with Crippen molar-refractivity contribution in [2.24, 2.45) is 5.41 Å². The third-order valence-electron chi connectivity index (χ3n) is 7.09. The van der Waals surface area contributed by atoms with Crippen LogP contribution in [0.4, 0.5) is 0 Å². The van der Waals surface area contributed by atoms with Crippen molar-refractivity contribution in [1.82, 2.24) is 29.4 Å². The van der Waals surface area contributed by atoms with Gasteiger partial charge in [-0.2, -0.15) is 5.10 Å². The third-order valence-corrected chi connectivity index (χ3v) is 7.09. The first-order valence-electron chi connectivity index (χ1n) is 10.7. The summed E-state index contributed by atoms with van der Waals surface area (Å²) in [4.78, 5) is 15.2. The zero-order valence-corrected chi connectivity index (χ0v) is 17.0. The molecule has 150 valence electrons. The molecule has 2 aromatic rings. The topological polar surface area (TPSA) is 68.8 Å². The van der Waals surface area contributed by atoms with Crippen molar-refractivity contribution in [2.45, 2.75) is 77.3 Å². The number of carbonyl (C=O) groups excluding carboxylic acids is 1. The third kappa shape index (κ3) is 3.05. The van der Waals surface area contributed by atoms with Crippen LogP contribution in [0, 0.1) is 19.3 Å². The predicted octanol–water partition coefficient (Wildman–Crippen LogP) is 3.00. The predicted molar refractivity (Wildman–Crippen MR) is 105 cm³/mol. The lowest BCUT2D eigenvalue weighted by Gasteiger charge is -2.29. The quantitative estimate of drug-likeness (QED) is 0.797. The molecule has 1 atom stereocenters. The van der Waals surface area contributed by atoms with Crippen LogP contribution < -0.4 is 0 Å². The molecule has 1 aliphatic heterocycles. The lowest BCUT2D eigenvalue weighted by Crippen LogP contribution is -2.32. The molecule has 2 aromatic heterocycles. The minimum atomic E-state index is 0.202. The Morgan fingerprint density at radius 2 is 2.04 bits per heavy atom. The Bertz CT molecular complexity index is 873. The zero-order valence-electron chi connectivity index (χ0n) is 17.0. The van der Waals surface area contributed by atoms with E-state index in [1.807, 2.05) is 17.9 Å². The van der Waals surface area contributed by atoms with E-state index in [0.717, 1.165) is 30.3 Å². The molecule has 2 aliphatic carbocycles. The number of carbonyl (C=O) groups is 1. The van der Waals surface area contributed by atoms with E-state index < -0.39 is 0 Å². The van der Waals surface area contributed by atoms with Gasteiger partial charge < -0.3 is 9.47 Å². The molecule has 0 radical (unpaired) electrons.